The van der Waals surface area contributed by atoms with Crippen molar-refractivity contribution in [1.82, 2.24) is 5.16 Å². The highest BCUT2D eigenvalue weighted by Crippen LogP contribution is 2.51. The van der Waals surface area contributed by atoms with E-state index in [2.05, 4.69) is 84.0 Å². The first-order valence-corrected chi connectivity index (χ1v) is 14.2. The van der Waals surface area contributed by atoms with Crippen LogP contribution in [0.5, 0.6) is 0 Å². The lowest BCUT2D eigenvalue weighted by atomic mass is 9.91. The Hall–Kier alpha value is -3.31. The van der Waals surface area contributed by atoms with Crippen molar-refractivity contribution in [2.45, 2.75) is 50.7 Å². The second-order valence-electron chi connectivity index (χ2n) is 9.78. The molecule has 0 N–H and O–H groups in total. The quantitative estimate of drug-likeness (QED) is 0.152. The van der Waals surface area contributed by atoms with E-state index in [0.717, 1.165) is 58.9 Å². The Morgan fingerprint density at radius 3 is 2.24 bits per heavy atom. The third-order valence-corrected chi connectivity index (χ3v) is 8.21. The number of hydrogen-bond acceptors (Lipinski definition) is 5. The van der Waals surface area contributed by atoms with Gasteiger partial charge in [0, 0.05) is 22.3 Å². The Kier molecular flexibility index (Phi) is 7.80. The predicted molar refractivity (Wildman–Crippen MR) is 151 cm³/mol. The number of esters is 1. The fourth-order valence-electron chi connectivity index (χ4n) is 4.83. The van der Waals surface area contributed by atoms with E-state index in [1.54, 1.807) is 0 Å². The first-order valence-electron chi connectivity index (χ1n) is 13.0. The van der Waals surface area contributed by atoms with Crippen molar-refractivity contribution in [3.05, 3.63) is 101 Å². The Labute approximate surface area is 223 Å². The summed E-state index contributed by atoms with van der Waals surface area (Å²) in [7, 11) is 0. The highest BCUT2D eigenvalue weighted by atomic mass is 32.2. The third-order valence-electron chi connectivity index (χ3n) is 7.23. The Morgan fingerprint density at radius 1 is 0.946 bits per heavy atom. The Bertz CT molecular complexity index is 1320. The molecule has 5 heteroatoms. The first kappa shape index (κ1) is 25.3. The molecule has 1 aliphatic rings. The molecule has 4 aromatic rings. The largest absolute Gasteiger partial charge is 0.466 e. The molecular formula is C32H33NO3S. The fourth-order valence-corrected chi connectivity index (χ4v) is 5.90. The minimum atomic E-state index is -0.101. The average Bonchev–Trinajstić information content (AvgIpc) is 3.62. The van der Waals surface area contributed by atoms with Crippen LogP contribution in [0.2, 0.25) is 0 Å². The van der Waals surface area contributed by atoms with Crippen molar-refractivity contribution in [1.29, 1.82) is 0 Å². The number of rotatable bonds is 11. The van der Waals surface area contributed by atoms with E-state index in [1.165, 1.54) is 16.7 Å². The van der Waals surface area contributed by atoms with Crippen LogP contribution in [0.25, 0.3) is 22.5 Å². The van der Waals surface area contributed by atoms with Gasteiger partial charge in [0.05, 0.1) is 18.7 Å². The van der Waals surface area contributed by atoms with Crippen LogP contribution in [0.1, 0.15) is 48.6 Å². The van der Waals surface area contributed by atoms with Crippen molar-refractivity contribution >= 4 is 17.7 Å². The van der Waals surface area contributed by atoms with Crippen molar-refractivity contribution in [2.75, 3.05) is 12.4 Å². The van der Waals surface area contributed by atoms with Gasteiger partial charge in [-0.1, -0.05) is 84.0 Å². The highest BCUT2D eigenvalue weighted by molar-refractivity contribution is 7.98. The summed E-state index contributed by atoms with van der Waals surface area (Å²) in [5.41, 5.74) is 8.05. The van der Waals surface area contributed by atoms with Crippen molar-refractivity contribution in [2.24, 2.45) is 0 Å². The number of thioether (sulfide) groups is 1. The summed E-state index contributed by atoms with van der Waals surface area (Å²) in [6.45, 7) is 4.31. The normalized spacial score (nSPS) is 13.9. The van der Waals surface area contributed by atoms with Gasteiger partial charge in [0.25, 0.3) is 0 Å². The number of carbonyl (C=O) groups excluding carboxylic acids is 1. The summed E-state index contributed by atoms with van der Waals surface area (Å²) in [6, 6.07) is 27.8. The van der Waals surface area contributed by atoms with E-state index < -0.39 is 0 Å². The molecule has 0 spiro atoms. The summed E-state index contributed by atoms with van der Waals surface area (Å²) in [5.74, 6) is 2.70. The van der Waals surface area contributed by atoms with Gasteiger partial charge in [-0.15, -0.1) is 0 Å². The zero-order chi connectivity index (χ0) is 25.7. The molecule has 37 heavy (non-hydrogen) atoms. The molecular weight excluding hydrogens is 478 g/mol. The summed E-state index contributed by atoms with van der Waals surface area (Å²) < 4.78 is 10.9. The maximum atomic E-state index is 12.0. The topological polar surface area (TPSA) is 52.3 Å². The number of hydrogen-bond donors (Lipinski definition) is 0. The summed E-state index contributed by atoms with van der Waals surface area (Å²) in [4.78, 5) is 12.0. The van der Waals surface area contributed by atoms with Crippen LogP contribution >= 0.6 is 11.8 Å². The number of aromatic nitrogens is 1. The SMILES string of the molecule is CCOC(=O)CC1(c2ccc(-c3ccc(-c4onc(C)c4CSCCc4ccccc4)cc3)cc2)CC1. The van der Waals surface area contributed by atoms with Crippen molar-refractivity contribution < 1.29 is 14.1 Å². The molecule has 3 aromatic carbocycles. The average molecular weight is 512 g/mol. The first-order chi connectivity index (χ1) is 18.1. The lowest BCUT2D eigenvalue weighted by Crippen LogP contribution is -2.15. The fraction of sp³-hybridized carbons (Fsp3) is 0.312. The second-order valence-corrected chi connectivity index (χ2v) is 10.9. The summed E-state index contributed by atoms with van der Waals surface area (Å²) >= 11 is 1.91. The van der Waals surface area contributed by atoms with Gasteiger partial charge in [0.2, 0.25) is 0 Å². The van der Waals surface area contributed by atoms with Gasteiger partial charge in [-0.3, -0.25) is 4.79 Å². The van der Waals surface area contributed by atoms with Crippen molar-refractivity contribution in [3.63, 3.8) is 0 Å². The van der Waals surface area contributed by atoms with Crippen LogP contribution in [0.3, 0.4) is 0 Å². The van der Waals surface area contributed by atoms with Gasteiger partial charge in [0.15, 0.2) is 5.76 Å². The number of ether oxygens (including phenoxy) is 1. The van der Waals surface area contributed by atoms with Crippen LogP contribution in [0.15, 0.2) is 83.4 Å². The van der Waals surface area contributed by atoms with E-state index in [-0.39, 0.29) is 11.4 Å². The molecule has 1 heterocycles. The molecule has 0 saturated heterocycles. The van der Waals surface area contributed by atoms with Gasteiger partial charge < -0.3 is 9.26 Å². The summed E-state index contributed by atoms with van der Waals surface area (Å²) in [6.07, 6.45) is 3.62. The van der Waals surface area contributed by atoms with Crippen LogP contribution in [0.4, 0.5) is 0 Å². The molecule has 0 aliphatic heterocycles. The van der Waals surface area contributed by atoms with Gasteiger partial charge in [-0.05, 0) is 61.1 Å². The minimum absolute atomic E-state index is 0.0334. The van der Waals surface area contributed by atoms with E-state index in [1.807, 2.05) is 25.6 Å². The van der Waals surface area contributed by atoms with Crippen LogP contribution in [0, 0.1) is 6.92 Å². The maximum absolute atomic E-state index is 12.0. The zero-order valence-electron chi connectivity index (χ0n) is 21.5. The van der Waals surface area contributed by atoms with Crippen LogP contribution in [-0.2, 0) is 27.1 Å². The molecule has 1 fully saturated rings. The number of nitrogens with zero attached hydrogens (tertiary/aromatic N) is 1. The molecule has 1 saturated carbocycles. The smallest absolute Gasteiger partial charge is 0.306 e. The van der Waals surface area contributed by atoms with Crippen LogP contribution in [-0.4, -0.2) is 23.5 Å². The Morgan fingerprint density at radius 2 is 1.59 bits per heavy atom. The molecule has 0 unspecified atom stereocenters. The molecule has 0 bridgehead atoms. The maximum Gasteiger partial charge on any atom is 0.306 e. The van der Waals surface area contributed by atoms with E-state index in [0.29, 0.717) is 13.0 Å². The monoisotopic (exact) mass is 511 g/mol. The van der Waals surface area contributed by atoms with E-state index in [4.69, 9.17) is 9.26 Å². The molecule has 1 aliphatic carbocycles. The lowest BCUT2D eigenvalue weighted by molar-refractivity contribution is -0.143. The van der Waals surface area contributed by atoms with Crippen molar-refractivity contribution in [3.8, 4) is 22.5 Å². The lowest BCUT2D eigenvalue weighted by Gasteiger charge is -2.15. The second kappa shape index (κ2) is 11.4. The standard InChI is InChI=1S/C32H33NO3S/c1-3-35-30(34)21-32(18-19-32)28-15-13-26(14-16-28)25-9-11-27(12-10-25)31-29(23(2)33-36-31)22-37-20-17-24-7-5-4-6-8-24/h4-16H,3,17-22H2,1-2H3. The Balaban J connectivity index is 1.23. The van der Waals surface area contributed by atoms with Gasteiger partial charge >= 0.3 is 5.97 Å². The number of benzene rings is 3. The molecule has 5 rings (SSSR count). The van der Waals surface area contributed by atoms with Crippen LogP contribution < -0.4 is 0 Å². The van der Waals surface area contributed by atoms with Gasteiger partial charge in [0.1, 0.15) is 0 Å². The number of carbonyl (C=O) groups is 1. The zero-order valence-corrected chi connectivity index (χ0v) is 22.4. The molecule has 0 atom stereocenters. The van der Waals surface area contributed by atoms with Gasteiger partial charge in [-0.25, -0.2) is 0 Å². The minimum Gasteiger partial charge on any atom is -0.466 e. The molecule has 0 radical (unpaired) electrons. The van der Waals surface area contributed by atoms with E-state index >= 15 is 0 Å². The summed E-state index contributed by atoms with van der Waals surface area (Å²) in [5, 5.41) is 4.26. The predicted octanol–water partition coefficient (Wildman–Crippen LogP) is 7.78. The van der Waals surface area contributed by atoms with E-state index in [9.17, 15) is 4.79 Å². The molecule has 1 aromatic heterocycles. The molecule has 4 nitrogen and oxygen atoms in total. The highest BCUT2D eigenvalue weighted by Gasteiger charge is 2.46. The molecule has 0 amide bonds. The number of aryl methyl sites for hydroxylation is 2. The van der Waals surface area contributed by atoms with Gasteiger partial charge in [-0.2, -0.15) is 11.8 Å². The molecule has 190 valence electrons. The third kappa shape index (κ3) is 5.99.